The van der Waals surface area contributed by atoms with Crippen molar-refractivity contribution in [2.24, 2.45) is 11.0 Å². The lowest BCUT2D eigenvalue weighted by Crippen LogP contribution is -2.38. The van der Waals surface area contributed by atoms with Crippen molar-refractivity contribution in [3.63, 3.8) is 0 Å². The number of anilines is 2. The van der Waals surface area contributed by atoms with Gasteiger partial charge in [-0.2, -0.15) is 0 Å². The molecule has 0 saturated carbocycles. The maximum Gasteiger partial charge on any atom is 0.269 e. The maximum atomic E-state index is 12.3. The Morgan fingerprint density at radius 2 is 1.82 bits per heavy atom. The molecule has 0 aliphatic rings. The van der Waals surface area contributed by atoms with Crippen LogP contribution in [-0.2, 0) is 0 Å². The lowest BCUT2D eigenvalue weighted by molar-refractivity contribution is 0.0752. The fourth-order valence-corrected chi connectivity index (χ4v) is 3.42. The average molecular weight is 467 g/mol. The molecule has 0 radical (unpaired) electrons. The molecular weight excluding hydrogens is 444 g/mol. The molecule has 0 aliphatic carbocycles. The molecule has 150 valence electrons. The fraction of sp³-hybridized carbons (Fsp3) is 0.222. The van der Waals surface area contributed by atoms with Crippen molar-refractivity contribution < 1.29 is 9.59 Å². The van der Waals surface area contributed by atoms with Crippen LogP contribution in [0.15, 0.2) is 45.8 Å². The second-order valence-corrected chi connectivity index (χ2v) is 7.59. The minimum Gasteiger partial charge on any atom is -0.398 e. The number of hydrogen-bond acceptors (Lipinski definition) is 7. The van der Waals surface area contributed by atoms with Crippen molar-refractivity contribution >= 4 is 51.1 Å². The highest BCUT2D eigenvalue weighted by Gasteiger charge is 2.16. The first-order chi connectivity index (χ1) is 13.3. The minimum atomic E-state index is -0.349. The zero-order valence-electron chi connectivity index (χ0n) is 15.2. The highest BCUT2D eigenvalue weighted by molar-refractivity contribution is 9.10. The standard InChI is InChI=1S/C18H23BrN6O2S/c19-11-6-7-12(15(21)10-11)18(27)25(22)9-2-1-8-24-17(26)13-4-3-5-14(20)16(13)28-23/h3-7,10H,1-2,8-9,20-23H2,(H,24,26). The van der Waals surface area contributed by atoms with Crippen molar-refractivity contribution in [3.05, 3.63) is 52.0 Å². The first kappa shape index (κ1) is 22.0. The molecule has 28 heavy (non-hydrogen) atoms. The van der Waals surface area contributed by atoms with E-state index in [9.17, 15) is 9.59 Å². The lowest BCUT2D eigenvalue weighted by atomic mass is 10.1. The molecule has 0 unspecified atom stereocenters. The van der Waals surface area contributed by atoms with Gasteiger partial charge >= 0.3 is 0 Å². The number of amides is 2. The summed E-state index contributed by atoms with van der Waals surface area (Å²) in [6.45, 7) is 0.775. The number of halogens is 1. The van der Waals surface area contributed by atoms with Gasteiger partial charge in [-0.3, -0.25) is 19.7 Å². The van der Waals surface area contributed by atoms with Crippen molar-refractivity contribution in [1.29, 1.82) is 0 Å². The summed E-state index contributed by atoms with van der Waals surface area (Å²) in [6, 6.07) is 10.1. The summed E-state index contributed by atoms with van der Waals surface area (Å²) in [7, 11) is 0. The quantitative estimate of drug-likeness (QED) is 0.0995. The Kier molecular flexibility index (Phi) is 8.12. The van der Waals surface area contributed by atoms with Crippen molar-refractivity contribution in [1.82, 2.24) is 10.3 Å². The normalized spacial score (nSPS) is 10.5. The molecule has 8 nitrogen and oxygen atoms in total. The topological polar surface area (TPSA) is 153 Å². The number of rotatable bonds is 8. The van der Waals surface area contributed by atoms with Gasteiger partial charge < -0.3 is 16.8 Å². The first-order valence-corrected chi connectivity index (χ1v) is 10.2. The number of nitrogen functional groups attached to an aromatic ring is 2. The van der Waals surface area contributed by atoms with Crippen LogP contribution in [0.5, 0.6) is 0 Å². The number of nitrogens with zero attached hydrogens (tertiary/aromatic N) is 1. The monoisotopic (exact) mass is 466 g/mol. The van der Waals surface area contributed by atoms with Crippen LogP contribution in [-0.4, -0.2) is 29.9 Å². The Bertz CT molecular complexity index is 864. The summed E-state index contributed by atoms with van der Waals surface area (Å²) in [6.07, 6.45) is 1.27. The minimum absolute atomic E-state index is 0.247. The second kappa shape index (κ2) is 10.3. The zero-order valence-corrected chi connectivity index (χ0v) is 17.6. The van der Waals surface area contributed by atoms with E-state index in [4.69, 9.17) is 22.4 Å². The van der Waals surface area contributed by atoms with E-state index in [1.54, 1.807) is 36.4 Å². The molecule has 0 aromatic heterocycles. The molecule has 9 N–H and O–H groups in total. The van der Waals surface area contributed by atoms with E-state index in [0.29, 0.717) is 53.3 Å². The number of nitrogens with one attached hydrogen (secondary N) is 1. The Hall–Kier alpha value is -2.27. The summed E-state index contributed by atoms with van der Waals surface area (Å²) in [5.74, 6) is 5.25. The van der Waals surface area contributed by atoms with Crippen LogP contribution in [0.25, 0.3) is 0 Å². The van der Waals surface area contributed by atoms with E-state index < -0.39 is 0 Å². The molecule has 0 spiro atoms. The summed E-state index contributed by atoms with van der Waals surface area (Å²) >= 11 is 4.24. The number of carbonyl (C=O) groups is 2. The Labute approximate surface area is 176 Å². The lowest BCUT2D eigenvalue weighted by Gasteiger charge is -2.18. The Balaban J connectivity index is 1.79. The molecular formula is C18H23BrN6O2S. The highest BCUT2D eigenvalue weighted by atomic mass is 79.9. The Morgan fingerprint density at radius 1 is 1.07 bits per heavy atom. The summed E-state index contributed by atoms with van der Waals surface area (Å²) < 4.78 is 0.789. The van der Waals surface area contributed by atoms with Gasteiger partial charge in [0.15, 0.2) is 0 Å². The van der Waals surface area contributed by atoms with Crippen molar-refractivity contribution in [2.75, 3.05) is 24.6 Å². The number of unbranched alkanes of at least 4 members (excludes halogenated alkanes) is 1. The van der Waals surface area contributed by atoms with E-state index in [1.165, 1.54) is 0 Å². The molecule has 0 bridgehead atoms. The predicted molar refractivity (Wildman–Crippen MR) is 116 cm³/mol. The van der Waals surface area contributed by atoms with Gasteiger partial charge in [-0.15, -0.1) is 0 Å². The molecule has 10 heteroatoms. The maximum absolute atomic E-state index is 12.3. The van der Waals surface area contributed by atoms with Gasteiger partial charge in [0, 0.05) is 28.9 Å². The van der Waals surface area contributed by atoms with Crippen LogP contribution < -0.4 is 27.8 Å². The smallest absolute Gasteiger partial charge is 0.269 e. The van der Waals surface area contributed by atoms with Gasteiger partial charge in [0.05, 0.1) is 16.0 Å². The van der Waals surface area contributed by atoms with E-state index in [-0.39, 0.29) is 11.8 Å². The summed E-state index contributed by atoms with van der Waals surface area (Å²) in [4.78, 5) is 25.2. The second-order valence-electron chi connectivity index (χ2n) is 6.03. The third-order valence-corrected chi connectivity index (χ3v) is 5.21. The van der Waals surface area contributed by atoms with Gasteiger partial charge in [0.25, 0.3) is 11.8 Å². The molecule has 2 aromatic carbocycles. The molecule has 0 saturated heterocycles. The third-order valence-electron chi connectivity index (χ3n) is 4.02. The van der Waals surface area contributed by atoms with Gasteiger partial charge in [0.1, 0.15) is 0 Å². The van der Waals surface area contributed by atoms with Crippen LogP contribution in [0.3, 0.4) is 0 Å². The van der Waals surface area contributed by atoms with Crippen LogP contribution in [0, 0.1) is 0 Å². The summed E-state index contributed by atoms with van der Waals surface area (Å²) in [5.41, 5.74) is 13.3. The SMILES string of the molecule is NSc1c(N)cccc1C(=O)NCCCCN(N)C(=O)c1ccc(Br)cc1N. The number of carbonyl (C=O) groups excluding carboxylic acids is 2. The largest absolute Gasteiger partial charge is 0.398 e. The number of hydrazine groups is 1. The molecule has 0 fully saturated rings. The molecule has 2 rings (SSSR count). The molecule has 0 aliphatic heterocycles. The number of hydrogen-bond donors (Lipinski definition) is 5. The van der Waals surface area contributed by atoms with Crippen LogP contribution >= 0.6 is 27.9 Å². The van der Waals surface area contributed by atoms with Gasteiger partial charge in [0.2, 0.25) is 0 Å². The fourth-order valence-electron chi connectivity index (χ4n) is 2.55. The molecule has 0 atom stereocenters. The van der Waals surface area contributed by atoms with Crippen LogP contribution in [0.1, 0.15) is 33.6 Å². The van der Waals surface area contributed by atoms with Gasteiger partial charge in [-0.1, -0.05) is 22.0 Å². The number of benzene rings is 2. The molecule has 2 aromatic rings. The molecule has 0 heterocycles. The highest BCUT2D eigenvalue weighted by Crippen LogP contribution is 2.25. The van der Waals surface area contributed by atoms with E-state index in [2.05, 4.69) is 21.2 Å². The number of nitrogens with two attached hydrogens (primary N) is 4. The van der Waals surface area contributed by atoms with Crippen LogP contribution in [0.4, 0.5) is 11.4 Å². The van der Waals surface area contributed by atoms with Gasteiger partial charge in [-0.25, -0.2) is 5.84 Å². The summed E-state index contributed by atoms with van der Waals surface area (Å²) in [5, 5.41) is 9.53. The predicted octanol–water partition coefficient (Wildman–Crippen LogP) is 2.11. The zero-order chi connectivity index (χ0) is 20.7. The Morgan fingerprint density at radius 3 is 2.50 bits per heavy atom. The van der Waals surface area contributed by atoms with Gasteiger partial charge in [-0.05, 0) is 55.1 Å². The van der Waals surface area contributed by atoms with E-state index in [1.807, 2.05) is 0 Å². The third kappa shape index (κ3) is 5.61. The first-order valence-electron chi connectivity index (χ1n) is 8.50. The van der Waals surface area contributed by atoms with E-state index >= 15 is 0 Å². The van der Waals surface area contributed by atoms with Crippen molar-refractivity contribution in [3.8, 4) is 0 Å². The van der Waals surface area contributed by atoms with Crippen molar-refractivity contribution in [2.45, 2.75) is 17.7 Å². The van der Waals surface area contributed by atoms with E-state index in [0.717, 1.165) is 21.4 Å². The molecule has 2 amide bonds. The average Bonchev–Trinajstić information content (AvgIpc) is 2.66. The van der Waals surface area contributed by atoms with Crippen LogP contribution in [0.2, 0.25) is 0 Å².